The first-order valence-corrected chi connectivity index (χ1v) is 7.44. The maximum atomic E-state index is 12.0. The molecule has 1 aliphatic rings. The van der Waals surface area contributed by atoms with E-state index in [0.29, 0.717) is 30.7 Å². The molecule has 6 heteroatoms. The Morgan fingerprint density at radius 1 is 1.44 bits per heavy atom. The van der Waals surface area contributed by atoms with Crippen molar-refractivity contribution in [2.45, 2.75) is 26.8 Å². The Hall–Kier alpha value is -0.910. The minimum Gasteiger partial charge on any atom is -0.480 e. The molecule has 0 spiro atoms. The number of hydrogen-bond acceptors (Lipinski definition) is 3. The summed E-state index contributed by atoms with van der Waals surface area (Å²) in [5.41, 5.74) is 0. The van der Waals surface area contributed by atoms with E-state index in [1.807, 2.05) is 0 Å². The first-order chi connectivity index (χ1) is 8.43. The minimum absolute atomic E-state index is 0.254. The van der Waals surface area contributed by atoms with E-state index in [2.05, 4.69) is 26.1 Å². The summed E-state index contributed by atoms with van der Waals surface area (Å²) in [5.74, 6) is 1.24. The van der Waals surface area contributed by atoms with Crippen LogP contribution in [0.15, 0.2) is 0 Å². The molecule has 0 bridgehead atoms. The number of carboxylic acids is 1. The van der Waals surface area contributed by atoms with Gasteiger partial charge in [0.1, 0.15) is 6.04 Å². The molecule has 1 heterocycles. The lowest BCUT2D eigenvalue weighted by molar-refractivity contribution is -0.141. The van der Waals surface area contributed by atoms with E-state index in [9.17, 15) is 9.59 Å². The summed E-state index contributed by atoms with van der Waals surface area (Å²) in [4.78, 5) is 24.5. The summed E-state index contributed by atoms with van der Waals surface area (Å²) in [6.07, 6.45) is 0. The number of amides is 2. The second-order valence-electron chi connectivity index (χ2n) is 5.03. The van der Waals surface area contributed by atoms with Gasteiger partial charge >= 0.3 is 12.0 Å². The lowest BCUT2D eigenvalue weighted by Gasteiger charge is -2.33. The van der Waals surface area contributed by atoms with Gasteiger partial charge in [0, 0.05) is 24.6 Å². The van der Waals surface area contributed by atoms with Crippen LogP contribution in [0.2, 0.25) is 0 Å². The molecule has 104 valence electrons. The summed E-state index contributed by atoms with van der Waals surface area (Å²) in [5, 5.41) is 11.9. The zero-order chi connectivity index (χ0) is 13.7. The molecule has 0 radical (unpaired) electrons. The highest BCUT2D eigenvalue weighted by Crippen LogP contribution is 2.17. The van der Waals surface area contributed by atoms with Crippen molar-refractivity contribution < 1.29 is 14.7 Å². The number of urea groups is 1. The normalized spacial score (nSPS) is 21.8. The van der Waals surface area contributed by atoms with Crippen molar-refractivity contribution in [2.24, 2.45) is 11.8 Å². The Labute approximate surface area is 112 Å². The van der Waals surface area contributed by atoms with E-state index in [0.717, 1.165) is 5.75 Å². The average molecular weight is 274 g/mol. The minimum atomic E-state index is -0.922. The van der Waals surface area contributed by atoms with Crippen molar-refractivity contribution in [3.05, 3.63) is 0 Å². The van der Waals surface area contributed by atoms with Crippen LogP contribution < -0.4 is 5.32 Å². The van der Waals surface area contributed by atoms with Gasteiger partial charge in [-0.05, 0) is 11.8 Å². The number of aliphatic carboxylic acids is 1. The molecule has 0 saturated carbocycles. The molecule has 1 rings (SSSR count). The molecular weight excluding hydrogens is 252 g/mol. The van der Waals surface area contributed by atoms with E-state index >= 15 is 0 Å². The summed E-state index contributed by atoms with van der Waals surface area (Å²) in [6, 6.07) is -0.951. The fourth-order valence-corrected chi connectivity index (χ4v) is 2.68. The van der Waals surface area contributed by atoms with Gasteiger partial charge in [0.25, 0.3) is 0 Å². The first kappa shape index (κ1) is 15.1. The number of thioether (sulfide) groups is 1. The standard InChI is InChI=1S/C12H22N2O3S/c1-8(2)9(3)6-13-12(17)14-4-5-18-7-10(14)11(15)16/h8-10H,4-7H2,1-3H3,(H,13,17)(H,15,16). The molecule has 0 aromatic heterocycles. The van der Waals surface area contributed by atoms with Crippen LogP contribution in [0.5, 0.6) is 0 Å². The number of carbonyl (C=O) groups is 2. The number of nitrogens with one attached hydrogen (secondary N) is 1. The van der Waals surface area contributed by atoms with Gasteiger partial charge < -0.3 is 15.3 Å². The third kappa shape index (κ3) is 4.08. The Morgan fingerprint density at radius 3 is 2.67 bits per heavy atom. The Balaban J connectivity index is 2.51. The maximum Gasteiger partial charge on any atom is 0.327 e. The second kappa shape index (κ2) is 6.87. The van der Waals surface area contributed by atoms with Gasteiger partial charge in [-0.3, -0.25) is 0 Å². The molecule has 2 unspecified atom stereocenters. The maximum absolute atomic E-state index is 12.0. The highest BCUT2D eigenvalue weighted by atomic mass is 32.2. The lowest BCUT2D eigenvalue weighted by atomic mass is 9.98. The number of nitrogens with zero attached hydrogens (tertiary/aromatic N) is 1. The number of carbonyl (C=O) groups excluding carboxylic acids is 1. The Morgan fingerprint density at radius 2 is 2.11 bits per heavy atom. The van der Waals surface area contributed by atoms with Gasteiger partial charge in [-0.15, -0.1) is 0 Å². The number of hydrogen-bond donors (Lipinski definition) is 2. The van der Waals surface area contributed by atoms with E-state index in [1.165, 1.54) is 4.90 Å². The van der Waals surface area contributed by atoms with Gasteiger partial charge in [-0.1, -0.05) is 20.8 Å². The topological polar surface area (TPSA) is 69.6 Å². The number of carboxylic acid groups (broad SMARTS) is 1. The smallest absolute Gasteiger partial charge is 0.327 e. The van der Waals surface area contributed by atoms with Crippen molar-refractivity contribution in [1.82, 2.24) is 10.2 Å². The van der Waals surface area contributed by atoms with Crippen LogP contribution in [0.4, 0.5) is 4.79 Å². The fraction of sp³-hybridized carbons (Fsp3) is 0.833. The van der Waals surface area contributed by atoms with Gasteiger partial charge in [0.2, 0.25) is 0 Å². The van der Waals surface area contributed by atoms with Gasteiger partial charge in [-0.25, -0.2) is 9.59 Å². The monoisotopic (exact) mass is 274 g/mol. The number of rotatable bonds is 4. The van der Waals surface area contributed by atoms with Gasteiger partial charge in [0.15, 0.2) is 0 Å². The molecule has 1 saturated heterocycles. The zero-order valence-corrected chi connectivity index (χ0v) is 12.0. The van der Waals surface area contributed by atoms with Gasteiger partial charge in [-0.2, -0.15) is 11.8 Å². The molecule has 1 fully saturated rings. The van der Waals surface area contributed by atoms with Crippen LogP contribution in [0.3, 0.4) is 0 Å². The van der Waals surface area contributed by atoms with Crippen molar-refractivity contribution >= 4 is 23.8 Å². The molecule has 2 N–H and O–H groups in total. The molecule has 2 atom stereocenters. The van der Waals surface area contributed by atoms with Crippen molar-refractivity contribution in [3.8, 4) is 0 Å². The summed E-state index contributed by atoms with van der Waals surface area (Å²) >= 11 is 1.58. The molecular formula is C12H22N2O3S. The third-order valence-corrected chi connectivity index (χ3v) is 4.41. The average Bonchev–Trinajstić information content (AvgIpc) is 2.35. The van der Waals surface area contributed by atoms with Crippen LogP contribution in [0, 0.1) is 11.8 Å². The van der Waals surface area contributed by atoms with Crippen molar-refractivity contribution in [1.29, 1.82) is 0 Å². The van der Waals surface area contributed by atoms with Crippen molar-refractivity contribution in [2.75, 3.05) is 24.6 Å². The van der Waals surface area contributed by atoms with Crippen molar-refractivity contribution in [3.63, 3.8) is 0 Å². The lowest BCUT2D eigenvalue weighted by Crippen LogP contribution is -2.54. The second-order valence-corrected chi connectivity index (χ2v) is 6.18. The van der Waals surface area contributed by atoms with E-state index in [4.69, 9.17) is 5.11 Å². The molecule has 0 aromatic carbocycles. The highest BCUT2D eigenvalue weighted by molar-refractivity contribution is 7.99. The predicted molar refractivity (Wildman–Crippen MR) is 72.9 cm³/mol. The predicted octanol–water partition coefficient (Wildman–Crippen LogP) is 1.49. The molecule has 1 aliphatic heterocycles. The molecule has 0 aromatic rings. The molecule has 2 amide bonds. The van der Waals surface area contributed by atoms with Crippen LogP contribution in [-0.4, -0.2) is 52.6 Å². The highest BCUT2D eigenvalue weighted by Gasteiger charge is 2.32. The molecule has 18 heavy (non-hydrogen) atoms. The van der Waals surface area contributed by atoms with Crippen LogP contribution in [-0.2, 0) is 4.79 Å². The Bertz CT molecular complexity index is 310. The largest absolute Gasteiger partial charge is 0.480 e. The zero-order valence-electron chi connectivity index (χ0n) is 11.2. The van der Waals surface area contributed by atoms with Crippen LogP contribution in [0.25, 0.3) is 0 Å². The SMILES string of the molecule is CC(C)C(C)CNC(=O)N1CCSCC1C(=O)O. The first-order valence-electron chi connectivity index (χ1n) is 6.28. The fourth-order valence-electron chi connectivity index (χ4n) is 1.64. The Kier molecular flexibility index (Phi) is 5.78. The summed E-state index contributed by atoms with van der Waals surface area (Å²) in [6.45, 7) is 7.38. The molecule has 5 nitrogen and oxygen atoms in total. The van der Waals surface area contributed by atoms with E-state index < -0.39 is 12.0 Å². The summed E-state index contributed by atoms with van der Waals surface area (Å²) < 4.78 is 0. The van der Waals surface area contributed by atoms with E-state index in [-0.39, 0.29) is 6.03 Å². The van der Waals surface area contributed by atoms with Gasteiger partial charge in [0.05, 0.1) is 0 Å². The quantitative estimate of drug-likeness (QED) is 0.815. The van der Waals surface area contributed by atoms with E-state index in [1.54, 1.807) is 11.8 Å². The summed E-state index contributed by atoms with van der Waals surface area (Å²) in [7, 11) is 0. The molecule has 0 aliphatic carbocycles. The van der Waals surface area contributed by atoms with Crippen LogP contribution >= 0.6 is 11.8 Å². The third-order valence-electron chi connectivity index (χ3n) is 3.39. The van der Waals surface area contributed by atoms with Crippen LogP contribution in [0.1, 0.15) is 20.8 Å².